The number of hydrogen-bond donors (Lipinski definition) is 0. The zero-order valence-electron chi connectivity index (χ0n) is 16.6. The summed E-state index contributed by atoms with van der Waals surface area (Å²) in [5.74, 6) is 0.575. The van der Waals surface area contributed by atoms with Gasteiger partial charge in [-0.05, 0) is 76.2 Å². The molecular weight excluding hydrogens is 349 g/mol. The Morgan fingerprint density at radius 3 is 2.69 bits per heavy atom. The monoisotopic (exact) mass is 383 g/mol. The molecule has 2 aliphatic carbocycles. The van der Waals surface area contributed by atoms with E-state index in [-0.39, 0.29) is 0 Å². The molecule has 148 valence electrons. The molecule has 2 nitrogen and oxygen atoms in total. The van der Waals surface area contributed by atoms with Crippen molar-refractivity contribution in [1.29, 1.82) is 0 Å². The molecule has 1 fully saturated rings. The molecule has 0 heterocycles. The summed E-state index contributed by atoms with van der Waals surface area (Å²) in [6, 6.07) is 0. The van der Waals surface area contributed by atoms with Crippen molar-refractivity contribution in [2.24, 2.45) is 11.3 Å². The molecule has 2 unspecified atom stereocenters. The molecule has 0 bridgehead atoms. The number of aldehydes is 1. The lowest BCUT2D eigenvalue weighted by molar-refractivity contribution is -0.109. The van der Waals surface area contributed by atoms with Gasteiger partial charge in [0.05, 0.1) is 0 Å². The second-order valence-corrected chi connectivity index (χ2v) is 8.98. The normalized spacial score (nSPS) is 36.9. The Kier molecular flexibility index (Phi) is 8.19. The smallest absolute Gasteiger partial charge is 0.140 e. The molecular formula is C22H35ClFNO. The maximum absolute atomic E-state index is 14.5. The number of rotatable bonds is 7. The lowest BCUT2D eigenvalue weighted by Gasteiger charge is -2.39. The number of alkyl halides is 2. The van der Waals surface area contributed by atoms with Crippen LogP contribution in [-0.2, 0) is 4.79 Å². The molecule has 2 aliphatic rings. The van der Waals surface area contributed by atoms with E-state index in [2.05, 4.69) is 24.8 Å². The van der Waals surface area contributed by atoms with Crippen LogP contribution in [0.2, 0.25) is 0 Å². The van der Waals surface area contributed by atoms with Crippen LogP contribution in [0.4, 0.5) is 4.39 Å². The molecule has 0 spiro atoms. The summed E-state index contributed by atoms with van der Waals surface area (Å²) >= 11 is 6.50. The number of carbonyl (C=O) groups is 1. The third-order valence-corrected chi connectivity index (χ3v) is 6.84. The second kappa shape index (κ2) is 9.92. The standard InChI is InChI=1S/C22H35ClFNO/c1-4-25(20-7-5-6-17(2)16-19(24)21(20)23)14-13-22(3)11-8-18(9-12-22)10-15-26/h7,15-16,18-19,21H,4-6,8-14H2,1-3H3/b17-16-,20-7+. The van der Waals surface area contributed by atoms with Crippen LogP contribution in [0, 0.1) is 11.3 Å². The summed E-state index contributed by atoms with van der Waals surface area (Å²) in [5, 5.41) is -0.596. The van der Waals surface area contributed by atoms with E-state index < -0.39 is 11.5 Å². The molecule has 0 aliphatic heterocycles. The van der Waals surface area contributed by atoms with Gasteiger partial charge in [-0.15, -0.1) is 11.6 Å². The summed E-state index contributed by atoms with van der Waals surface area (Å²) < 4.78 is 14.5. The summed E-state index contributed by atoms with van der Waals surface area (Å²) in [6.45, 7) is 8.26. The fourth-order valence-corrected chi connectivity index (χ4v) is 4.64. The maximum Gasteiger partial charge on any atom is 0.140 e. The second-order valence-electron chi connectivity index (χ2n) is 8.51. The largest absolute Gasteiger partial charge is 0.374 e. The molecule has 2 atom stereocenters. The van der Waals surface area contributed by atoms with E-state index in [1.54, 1.807) is 6.08 Å². The van der Waals surface area contributed by atoms with E-state index in [0.717, 1.165) is 62.7 Å². The third kappa shape index (κ3) is 5.84. The van der Waals surface area contributed by atoms with Gasteiger partial charge < -0.3 is 9.69 Å². The fourth-order valence-electron chi connectivity index (χ4n) is 4.34. The zero-order chi connectivity index (χ0) is 19.2. The predicted octanol–water partition coefficient (Wildman–Crippen LogP) is 6.05. The van der Waals surface area contributed by atoms with Crippen molar-refractivity contribution in [2.45, 2.75) is 83.7 Å². The lowest BCUT2D eigenvalue weighted by Crippen LogP contribution is -2.36. The first kappa shape index (κ1) is 21.5. The Hall–Kier alpha value is -0.830. The van der Waals surface area contributed by atoms with Crippen molar-refractivity contribution in [3.8, 4) is 0 Å². The maximum atomic E-state index is 14.5. The fraction of sp³-hybridized carbons (Fsp3) is 0.773. The van der Waals surface area contributed by atoms with E-state index in [0.29, 0.717) is 17.8 Å². The van der Waals surface area contributed by atoms with Gasteiger partial charge in [0.1, 0.15) is 17.8 Å². The van der Waals surface area contributed by atoms with E-state index in [9.17, 15) is 9.18 Å². The van der Waals surface area contributed by atoms with Crippen LogP contribution in [0.1, 0.15) is 72.1 Å². The van der Waals surface area contributed by atoms with Crippen molar-refractivity contribution < 1.29 is 9.18 Å². The van der Waals surface area contributed by atoms with Gasteiger partial charge in [0.25, 0.3) is 0 Å². The molecule has 0 amide bonds. The summed E-state index contributed by atoms with van der Waals surface area (Å²) in [6.07, 6.45) is 12.1. The van der Waals surface area contributed by atoms with Crippen molar-refractivity contribution in [3.63, 3.8) is 0 Å². The van der Waals surface area contributed by atoms with Crippen LogP contribution >= 0.6 is 11.6 Å². The molecule has 0 N–H and O–H groups in total. The van der Waals surface area contributed by atoms with Crippen molar-refractivity contribution in [2.75, 3.05) is 13.1 Å². The number of hydrogen-bond acceptors (Lipinski definition) is 2. The van der Waals surface area contributed by atoms with Crippen LogP contribution in [0.5, 0.6) is 0 Å². The van der Waals surface area contributed by atoms with Gasteiger partial charge in [0.15, 0.2) is 0 Å². The molecule has 0 aromatic rings. The van der Waals surface area contributed by atoms with E-state index >= 15 is 0 Å². The lowest BCUT2D eigenvalue weighted by atomic mass is 9.69. The average molecular weight is 384 g/mol. The van der Waals surface area contributed by atoms with Gasteiger partial charge >= 0.3 is 0 Å². The van der Waals surface area contributed by atoms with Gasteiger partial charge in [0, 0.05) is 25.2 Å². The zero-order valence-corrected chi connectivity index (χ0v) is 17.4. The molecule has 0 aromatic carbocycles. The Balaban J connectivity index is 1.96. The third-order valence-electron chi connectivity index (χ3n) is 6.37. The molecule has 0 saturated heterocycles. The minimum atomic E-state index is -1.12. The van der Waals surface area contributed by atoms with Crippen LogP contribution in [-0.4, -0.2) is 35.8 Å². The van der Waals surface area contributed by atoms with Crippen LogP contribution in [0.3, 0.4) is 0 Å². The first-order valence-corrected chi connectivity index (χ1v) is 10.7. The minimum absolute atomic E-state index is 0.322. The van der Waals surface area contributed by atoms with Gasteiger partial charge in [0.2, 0.25) is 0 Å². The van der Waals surface area contributed by atoms with Gasteiger partial charge in [-0.25, -0.2) is 4.39 Å². The number of carbonyl (C=O) groups excluding carboxylic acids is 1. The minimum Gasteiger partial charge on any atom is -0.374 e. The van der Waals surface area contributed by atoms with Crippen LogP contribution in [0.15, 0.2) is 23.4 Å². The SMILES string of the molecule is CCN(CCC1(C)CCC(CC=O)CC1)/C1=C/CC/C(C)=C\C(F)C1Cl. The van der Waals surface area contributed by atoms with Crippen molar-refractivity contribution in [1.82, 2.24) is 4.90 Å². The Morgan fingerprint density at radius 2 is 2.08 bits per heavy atom. The predicted molar refractivity (Wildman–Crippen MR) is 108 cm³/mol. The van der Waals surface area contributed by atoms with E-state index in [1.165, 1.54) is 12.8 Å². The number of nitrogens with zero attached hydrogens (tertiary/aromatic N) is 1. The molecule has 0 aromatic heterocycles. The highest BCUT2D eigenvalue weighted by molar-refractivity contribution is 6.22. The van der Waals surface area contributed by atoms with E-state index in [1.807, 2.05) is 6.92 Å². The van der Waals surface area contributed by atoms with Crippen molar-refractivity contribution >= 4 is 17.9 Å². The Morgan fingerprint density at radius 1 is 1.38 bits per heavy atom. The number of allylic oxidation sites excluding steroid dienone is 4. The quantitative estimate of drug-likeness (QED) is 0.303. The first-order chi connectivity index (χ1) is 12.4. The molecule has 1 saturated carbocycles. The average Bonchev–Trinajstić information content (AvgIpc) is 2.61. The van der Waals surface area contributed by atoms with E-state index in [4.69, 9.17) is 11.6 Å². The highest BCUT2D eigenvalue weighted by atomic mass is 35.5. The van der Waals surface area contributed by atoms with Crippen LogP contribution < -0.4 is 0 Å². The Labute approximate surface area is 163 Å². The molecule has 2 rings (SSSR count). The summed E-state index contributed by atoms with van der Waals surface area (Å²) in [4.78, 5) is 13.0. The number of halogens is 2. The summed E-state index contributed by atoms with van der Waals surface area (Å²) in [7, 11) is 0. The van der Waals surface area contributed by atoms with Crippen molar-refractivity contribution in [3.05, 3.63) is 23.4 Å². The summed E-state index contributed by atoms with van der Waals surface area (Å²) in [5.41, 5.74) is 2.37. The van der Waals surface area contributed by atoms with Gasteiger partial charge in [-0.1, -0.05) is 18.6 Å². The Bertz CT molecular complexity index is 522. The molecule has 26 heavy (non-hydrogen) atoms. The topological polar surface area (TPSA) is 20.3 Å². The molecule has 4 heteroatoms. The first-order valence-electron chi connectivity index (χ1n) is 10.2. The van der Waals surface area contributed by atoms with Gasteiger partial charge in [-0.2, -0.15) is 0 Å². The highest BCUT2D eigenvalue weighted by Gasteiger charge is 2.32. The highest BCUT2D eigenvalue weighted by Crippen LogP contribution is 2.42. The van der Waals surface area contributed by atoms with Crippen LogP contribution in [0.25, 0.3) is 0 Å². The molecule has 0 radical (unpaired) electrons. The van der Waals surface area contributed by atoms with Gasteiger partial charge in [-0.3, -0.25) is 0 Å².